The van der Waals surface area contributed by atoms with Gasteiger partial charge in [-0.05, 0) is 30.9 Å². The molecule has 5 N–H and O–H groups in total. The summed E-state index contributed by atoms with van der Waals surface area (Å²) in [5, 5.41) is 12.7. The zero-order chi connectivity index (χ0) is 16.5. The Morgan fingerprint density at radius 1 is 1.17 bits per heavy atom. The van der Waals surface area contributed by atoms with Crippen molar-refractivity contribution in [2.45, 2.75) is 44.6 Å². The van der Waals surface area contributed by atoms with Crippen molar-refractivity contribution in [1.82, 2.24) is 10.3 Å². The third-order valence-electron chi connectivity index (χ3n) is 4.09. The number of nitrogens with two attached hydrogens (primary N) is 1. The van der Waals surface area contributed by atoms with Crippen molar-refractivity contribution in [3.63, 3.8) is 0 Å². The van der Waals surface area contributed by atoms with Gasteiger partial charge in [0.05, 0.1) is 6.04 Å². The number of hydrogen-bond acceptors (Lipinski definition) is 3. The Bertz CT molecular complexity index is 609. The van der Waals surface area contributed by atoms with Gasteiger partial charge in [-0.25, -0.2) is 0 Å². The number of aliphatic hydroxyl groups is 1. The Morgan fingerprint density at radius 3 is 2.74 bits per heavy atom. The van der Waals surface area contributed by atoms with E-state index in [2.05, 4.69) is 10.3 Å². The van der Waals surface area contributed by atoms with Crippen LogP contribution in [-0.2, 0) is 11.2 Å². The summed E-state index contributed by atoms with van der Waals surface area (Å²) in [4.78, 5) is 15.3. The Hall–Kier alpha value is -1.85. The first-order chi connectivity index (χ1) is 11.2. The normalized spacial score (nSPS) is 12.4. The number of unbranched alkanes of at least 4 members (excludes halogenated alkanes) is 4. The van der Waals surface area contributed by atoms with Gasteiger partial charge in [-0.1, -0.05) is 37.5 Å². The fourth-order valence-electron chi connectivity index (χ4n) is 2.74. The van der Waals surface area contributed by atoms with Crippen LogP contribution in [0.3, 0.4) is 0 Å². The van der Waals surface area contributed by atoms with E-state index in [9.17, 15) is 4.79 Å². The predicted molar refractivity (Wildman–Crippen MR) is 93.2 cm³/mol. The van der Waals surface area contributed by atoms with Crippen LogP contribution in [0.2, 0.25) is 0 Å². The summed E-state index contributed by atoms with van der Waals surface area (Å²) in [6.45, 7) is 0.930. The molecule has 0 bridgehead atoms. The van der Waals surface area contributed by atoms with E-state index in [4.69, 9.17) is 10.8 Å². The lowest BCUT2D eigenvalue weighted by molar-refractivity contribution is -0.122. The Balaban J connectivity index is 1.71. The van der Waals surface area contributed by atoms with Crippen LogP contribution in [0, 0.1) is 0 Å². The molecule has 23 heavy (non-hydrogen) atoms. The molecule has 1 amide bonds. The fraction of sp³-hybridized carbons (Fsp3) is 0.500. The molecule has 0 saturated heterocycles. The number of benzene rings is 1. The highest BCUT2D eigenvalue weighted by Crippen LogP contribution is 2.18. The first-order valence-corrected chi connectivity index (χ1v) is 8.41. The molecule has 2 aromatic rings. The van der Waals surface area contributed by atoms with Crippen LogP contribution in [0.4, 0.5) is 0 Å². The van der Waals surface area contributed by atoms with Crippen molar-refractivity contribution in [2.75, 3.05) is 13.2 Å². The molecular weight excluding hydrogens is 290 g/mol. The maximum atomic E-state index is 12.1. The number of nitrogens with one attached hydrogen (secondary N) is 2. The fourth-order valence-corrected chi connectivity index (χ4v) is 2.74. The van der Waals surface area contributed by atoms with Crippen molar-refractivity contribution < 1.29 is 9.90 Å². The van der Waals surface area contributed by atoms with Gasteiger partial charge in [-0.15, -0.1) is 0 Å². The number of H-pyrrole nitrogens is 1. The number of hydrogen-bond donors (Lipinski definition) is 4. The van der Waals surface area contributed by atoms with Crippen molar-refractivity contribution >= 4 is 16.8 Å². The van der Waals surface area contributed by atoms with Gasteiger partial charge < -0.3 is 21.1 Å². The maximum absolute atomic E-state index is 12.1. The summed E-state index contributed by atoms with van der Waals surface area (Å²) < 4.78 is 0. The van der Waals surface area contributed by atoms with E-state index in [-0.39, 0.29) is 12.5 Å². The van der Waals surface area contributed by atoms with Gasteiger partial charge in [-0.3, -0.25) is 4.79 Å². The van der Waals surface area contributed by atoms with Gasteiger partial charge in [-0.2, -0.15) is 0 Å². The lowest BCUT2D eigenvalue weighted by Crippen LogP contribution is -2.42. The topological polar surface area (TPSA) is 91.1 Å². The van der Waals surface area contributed by atoms with E-state index in [1.165, 1.54) is 0 Å². The lowest BCUT2D eigenvalue weighted by Gasteiger charge is -2.12. The second-order valence-electron chi connectivity index (χ2n) is 5.95. The summed E-state index contributed by atoms with van der Waals surface area (Å²) in [5.41, 5.74) is 8.17. The quantitative estimate of drug-likeness (QED) is 0.506. The molecule has 1 aromatic heterocycles. The summed E-state index contributed by atoms with van der Waals surface area (Å²) in [6, 6.07) is 7.50. The Labute approximate surface area is 137 Å². The molecule has 1 heterocycles. The molecule has 126 valence electrons. The highest BCUT2D eigenvalue weighted by Gasteiger charge is 2.15. The number of carbonyl (C=O) groups is 1. The zero-order valence-electron chi connectivity index (χ0n) is 13.6. The molecule has 0 aliphatic rings. The minimum Gasteiger partial charge on any atom is -0.396 e. The third kappa shape index (κ3) is 5.37. The second kappa shape index (κ2) is 9.33. The van der Waals surface area contributed by atoms with Crippen LogP contribution in [0.15, 0.2) is 30.5 Å². The summed E-state index contributed by atoms with van der Waals surface area (Å²) in [5.74, 6) is -0.0920. The molecule has 0 saturated carbocycles. The van der Waals surface area contributed by atoms with Crippen LogP contribution in [0.25, 0.3) is 10.9 Å². The van der Waals surface area contributed by atoms with E-state index >= 15 is 0 Å². The van der Waals surface area contributed by atoms with Crippen LogP contribution in [0.1, 0.15) is 37.7 Å². The van der Waals surface area contributed by atoms with Gasteiger partial charge in [0.25, 0.3) is 0 Å². The molecule has 0 spiro atoms. The van der Waals surface area contributed by atoms with Gasteiger partial charge in [0.1, 0.15) is 0 Å². The lowest BCUT2D eigenvalue weighted by atomic mass is 10.0. The van der Waals surface area contributed by atoms with Crippen molar-refractivity contribution in [2.24, 2.45) is 5.73 Å². The Morgan fingerprint density at radius 2 is 1.91 bits per heavy atom. The molecular formula is C18H27N3O2. The molecule has 0 radical (unpaired) electrons. The molecule has 0 aliphatic heterocycles. The van der Waals surface area contributed by atoms with E-state index in [0.29, 0.717) is 13.0 Å². The van der Waals surface area contributed by atoms with Crippen LogP contribution >= 0.6 is 0 Å². The van der Waals surface area contributed by atoms with Crippen molar-refractivity contribution in [3.8, 4) is 0 Å². The first kappa shape index (κ1) is 17.5. The van der Waals surface area contributed by atoms with E-state index < -0.39 is 6.04 Å². The molecule has 2 rings (SSSR count). The average molecular weight is 317 g/mol. The smallest absolute Gasteiger partial charge is 0.237 e. The summed E-state index contributed by atoms with van der Waals surface area (Å²) in [6.07, 6.45) is 7.49. The largest absolute Gasteiger partial charge is 0.396 e. The third-order valence-corrected chi connectivity index (χ3v) is 4.09. The van der Waals surface area contributed by atoms with Crippen LogP contribution in [0.5, 0.6) is 0 Å². The van der Waals surface area contributed by atoms with Crippen LogP contribution < -0.4 is 11.1 Å². The minimum absolute atomic E-state index is 0.0920. The molecule has 1 aromatic carbocycles. The monoisotopic (exact) mass is 317 g/mol. The number of rotatable bonds is 10. The highest BCUT2D eigenvalue weighted by molar-refractivity contribution is 5.86. The average Bonchev–Trinajstić information content (AvgIpc) is 2.97. The van der Waals surface area contributed by atoms with Gasteiger partial charge in [0, 0.05) is 30.3 Å². The molecule has 0 fully saturated rings. The van der Waals surface area contributed by atoms with E-state index in [1.807, 2.05) is 30.5 Å². The number of aliphatic hydroxyl groups excluding tert-OH is 1. The summed E-state index contributed by atoms with van der Waals surface area (Å²) >= 11 is 0. The molecule has 5 nitrogen and oxygen atoms in total. The molecule has 0 unspecified atom stereocenters. The minimum atomic E-state index is -0.524. The number of aromatic nitrogens is 1. The first-order valence-electron chi connectivity index (χ1n) is 8.41. The molecule has 0 aliphatic carbocycles. The van der Waals surface area contributed by atoms with E-state index in [0.717, 1.165) is 48.6 Å². The molecule has 5 heteroatoms. The van der Waals surface area contributed by atoms with Crippen molar-refractivity contribution in [1.29, 1.82) is 0 Å². The second-order valence-corrected chi connectivity index (χ2v) is 5.95. The maximum Gasteiger partial charge on any atom is 0.237 e. The van der Waals surface area contributed by atoms with Gasteiger partial charge >= 0.3 is 0 Å². The highest BCUT2D eigenvalue weighted by atomic mass is 16.2. The zero-order valence-corrected chi connectivity index (χ0v) is 13.6. The predicted octanol–water partition coefficient (Wildman–Crippen LogP) is 2.10. The Kier molecular flexibility index (Phi) is 7.10. The number of para-hydroxylation sites is 1. The number of fused-ring (bicyclic) bond motifs is 1. The number of carbonyl (C=O) groups excluding carboxylic acids is 1. The van der Waals surface area contributed by atoms with Gasteiger partial charge in [0.15, 0.2) is 0 Å². The number of aromatic amines is 1. The SMILES string of the molecule is N[C@@H](Cc1c[nH]c2ccccc12)C(=O)NCCCCCCCO. The summed E-state index contributed by atoms with van der Waals surface area (Å²) in [7, 11) is 0. The molecule has 1 atom stereocenters. The standard InChI is InChI=1S/C18H27N3O2/c19-16(18(23)20-10-6-2-1-3-7-11-22)12-14-13-21-17-9-5-4-8-15(14)17/h4-5,8-9,13,16,21-22H,1-3,6-7,10-12,19H2,(H,20,23)/t16-/m0/s1. The van der Waals surface area contributed by atoms with Crippen LogP contribution in [-0.4, -0.2) is 35.2 Å². The van der Waals surface area contributed by atoms with Crippen molar-refractivity contribution in [3.05, 3.63) is 36.0 Å². The van der Waals surface area contributed by atoms with Gasteiger partial charge in [0.2, 0.25) is 5.91 Å². The number of amides is 1. The van der Waals surface area contributed by atoms with E-state index in [1.54, 1.807) is 0 Å².